The van der Waals surface area contributed by atoms with E-state index < -0.39 is 0 Å². The maximum absolute atomic E-state index is 13.7. The molecule has 88 valence electrons. The van der Waals surface area contributed by atoms with Crippen molar-refractivity contribution in [1.29, 1.82) is 0 Å². The Balaban J connectivity index is 2.03. The molecule has 0 aliphatic carbocycles. The van der Waals surface area contributed by atoms with E-state index in [0.717, 1.165) is 23.7 Å². The van der Waals surface area contributed by atoms with Crippen molar-refractivity contribution in [3.63, 3.8) is 0 Å². The normalized spacial score (nSPS) is 19.1. The van der Waals surface area contributed by atoms with Crippen molar-refractivity contribution in [2.24, 2.45) is 0 Å². The predicted octanol–water partition coefficient (Wildman–Crippen LogP) is 2.98. The summed E-state index contributed by atoms with van der Waals surface area (Å²) in [5.74, 6) is -0.195. The van der Waals surface area contributed by atoms with Crippen LogP contribution in [-0.2, 0) is 13.0 Å². The number of aromatic nitrogens is 1. The molecule has 0 spiro atoms. The fraction of sp³-hybridized carbons (Fsp3) is 0.308. The van der Waals surface area contributed by atoms with Crippen LogP contribution >= 0.6 is 11.3 Å². The van der Waals surface area contributed by atoms with E-state index in [1.54, 1.807) is 23.5 Å². The minimum atomic E-state index is -0.195. The molecule has 2 heterocycles. The molecule has 0 amide bonds. The van der Waals surface area contributed by atoms with Crippen LogP contribution in [0.5, 0.6) is 0 Å². The van der Waals surface area contributed by atoms with Crippen LogP contribution in [0.25, 0.3) is 10.6 Å². The van der Waals surface area contributed by atoms with Crippen molar-refractivity contribution in [1.82, 2.24) is 10.3 Å². The molecular formula is C13H13FN2S. The number of fused-ring (bicyclic) bond motifs is 1. The summed E-state index contributed by atoms with van der Waals surface area (Å²) in [6.07, 6.45) is 0.931. The van der Waals surface area contributed by atoms with Gasteiger partial charge in [0.25, 0.3) is 0 Å². The highest BCUT2D eigenvalue weighted by atomic mass is 32.1. The van der Waals surface area contributed by atoms with Crippen molar-refractivity contribution in [3.05, 3.63) is 40.7 Å². The van der Waals surface area contributed by atoms with E-state index in [1.165, 1.54) is 10.9 Å². The monoisotopic (exact) mass is 248 g/mol. The fourth-order valence-corrected chi connectivity index (χ4v) is 3.13. The zero-order valence-corrected chi connectivity index (χ0v) is 10.4. The Morgan fingerprint density at radius 3 is 3.06 bits per heavy atom. The van der Waals surface area contributed by atoms with Gasteiger partial charge in [-0.15, -0.1) is 11.3 Å². The summed E-state index contributed by atoms with van der Waals surface area (Å²) in [6, 6.07) is 7.28. The molecule has 4 heteroatoms. The maximum Gasteiger partial charge on any atom is 0.133 e. The van der Waals surface area contributed by atoms with Crippen LogP contribution in [0.3, 0.4) is 0 Å². The molecule has 2 nitrogen and oxygen atoms in total. The van der Waals surface area contributed by atoms with E-state index in [1.807, 2.05) is 6.07 Å². The molecule has 1 aromatic carbocycles. The smallest absolute Gasteiger partial charge is 0.133 e. The van der Waals surface area contributed by atoms with Gasteiger partial charge in [-0.05, 0) is 19.1 Å². The topological polar surface area (TPSA) is 24.9 Å². The molecule has 0 saturated carbocycles. The van der Waals surface area contributed by atoms with Gasteiger partial charge in [0.1, 0.15) is 10.8 Å². The molecule has 1 aliphatic heterocycles. The first kappa shape index (κ1) is 10.9. The van der Waals surface area contributed by atoms with Crippen molar-refractivity contribution in [2.75, 3.05) is 0 Å². The number of nitrogens with zero attached hydrogens (tertiary/aromatic N) is 1. The molecule has 2 aromatic rings. The molecule has 1 N–H and O–H groups in total. The van der Waals surface area contributed by atoms with Crippen LogP contribution in [0, 0.1) is 5.82 Å². The van der Waals surface area contributed by atoms with Crippen LogP contribution in [0.2, 0.25) is 0 Å². The Morgan fingerprint density at radius 1 is 1.41 bits per heavy atom. The van der Waals surface area contributed by atoms with Crippen molar-refractivity contribution >= 4 is 11.3 Å². The van der Waals surface area contributed by atoms with Crippen LogP contribution in [0.15, 0.2) is 24.3 Å². The summed E-state index contributed by atoms with van der Waals surface area (Å²) >= 11 is 1.59. The highest BCUT2D eigenvalue weighted by Crippen LogP contribution is 2.31. The number of nitrogens with one attached hydrogen (secondary N) is 1. The molecule has 1 atom stereocenters. The number of halogens is 1. The second kappa shape index (κ2) is 4.20. The molecule has 3 rings (SSSR count). The van der Waals surface area contributed by atoms with Crippen LogP contribution < -0.4 is 5.32 Å². The number of hydrogen-bond donors (Lipinski definition) is 1. The third-order valence-electron chi connectivity index (χ3n) is 2.99. The quantitative estimate of drug-likeness (QED) is 0.839. The molecule has 1 aromatic heterocycles. The molecule has 0 fully saturated rings. The summed E-state index contributed by atoms with van der Waals surface area (Å²) in [5, 5.41) is 4.19. The summed E-state index contributed by atoms with van der Waals surface area (Å²) in [7, 11) is 0. The summed E-state index contributed by atoms with van der Waals surface area (Å²) in [4.78, 5) is 5.81. The Kier molecular flexibility index (Phi) is 2.68. The number of thiazole rings is 1. The highest BCUT2D eigenvalue weighted by molar-refractivity contribution is 7.15. The van der Waals surface area contributed by atoms with Gasteiger partial charge < -0.3 is 5.32 Å². The first-order chi connectivity index (χ1) is 8.24. The van der Waals surface area contributed by atoms with E-state index in [4.69, 9.17) is 0 Å². The summed E-state index contributed by atoms with van der Waals surface area (Å²) < 4.78 is 13.7. The average molecular weight is 248 g/mol. The van der Waals surface area contributed by atoms with Gasteiger partial charge in [-0.1, -0.05) is 12.1 Å². The number of hydrogen-bond acceptors (Lipinski definition) is 3. The predicted molar refractivity (Wildman–Crippen MR) is 67.5 cm³/mol. The first-order valence-corrected chi connectivity index (χ1v) is 6.52. The molecule has 0 bridgehead atoms. The van der Waals surface area contributed by atoms with Gasteiger partial charge in [0.05, 0.1) is 5.69 Å². The Morgan fingerprint density at radius 2 is 2.24 bits per heavy atom. The van der Waals surface area contributed by atoms with Gasteiger partial charge in [-0.3, -0.25) is 0 Å². The van der Waals surface area contributed by atoms with Crippen molar-refractivity contribution < 1.29 is 4.39 Å². The van der Waals surface area contributed by atoms with E-state index in [0.29, 0.717) is 11.6 Å². The zero-order chi connectivity index (χ0) is 11.8. The summed E-state index contributed by atoms with van der Waals surface area (Å²) in [6.45, 7) is 2.99. The van der Waals surface area contributed by atoms with Crippen molar-refractivity contribution in [2.45, 2.75) is 25.9 Å². The van der Waals surface area contributed by atoms with Gasteiger partial charge >= 0.3 is 0 Å². The molecule has 17 heavy (non-hydrogen) atoms. The van der Waals surface area contributed by atoms with Crippen LogP contribution in [-0.4, -0.2) is 11.0 Å². The van der Waals surface area contributed by atoms with E-state index in [-0.39, 0.29) is 5.82 Å². The van der Waals surface area contributed by atoms with Gasteiger partial charge in [0, 0.05) is 29.4 Å². The fourth-order valence-electron chi connectivity index (χ4n) is 2.06. The summed E-state index contributed by atoms with van der Waals surface area (Å²) in [5.41, 5.74) is 1.74. The zero-order valence-electron chi connectivity index (χ0n) is 9.53. The Hall–Kier alpha value is -1.26. The Labute approximate surface area is 104 Å². The van der Waals surface area contributed by atoms with E-state index in [2.05, 4.69) is 17.2 Å². The van der Waals surface area contributed by atoms with Crippen LogP contribution in [0.1, 0.15) is 17.5 Å². The third kappa shape index (κ3) is 1.98. The van der Waals surface area contributed by atoms with Crippen molar-refractivity contribution in [3.8, 4) is 10.6 Å². The lowest BCUT2D eigenvalue weighted by Gasteiger charge is -2.18. The average Bonchev–Trinajstić information content (AvgIpc) is 2.72. The maximum atomic E-state index is 13.7. The van der Waals surface area contributed by atoms with E-state index >= 15 is 0 Å². The van der Waals surface area contributed by atoms with Gasteiger partial charge in [-0.2, -0.15) is 0 Å². The molecule has 0 saturated heterocycles. The number of rotatable bonds is 1. The minimum Gasteiger partial charge on any atom is -0.309 e. The second-order valence-electron chi connectivity index (χ2n) is 4.35. The van der Waals surface area contributed by atoms with Gasteiger partial charge in [0.15, 0.2) is 0 Å². The lowest BCUT2D eigenvalue weighted by Crippen LogP contribution is -2.32. The molecule has 1 unspecified atom stereocenters. The number of benzene rings is 1. The van der Waals surface area contributed by atoms with Gasteiger partial charge in [0.2, 0.25) is 0 Å². The lowest BCUT2D eigenvalue weighted by atomic mass is 10.1. The lowest BCUT2D eigenvalue weighted by molar-refractivity contribution is 0.513. The highest BCUT2D eigenvalue weighted by Gasteiger charge is 2.20. The largest absolute Gasteiger partial charge is 0.309 e. The van der Waals surface area contributed by atoms with Crippen LogP contribution in [0.4, 0.5) is 4.39 Å². The SMILES string of the molecule is CC1Cc2nc(-c3ccccc3F)sc2CN1. The third-order valence-corrected chi connectivity index (χ3v) is 4.12. The minimum absolute atomic E-state index is 0.195. The first-order valence-electron chi connectivity index (χ1n) is 5.71. The Bertz CT molecular complexity index is 550. The van der Waals surface area contributed by atoms with E-state index in [9.17, 15) is 4.39 Å². The molecule has 0 radical (unpaired) electrons. The van der Waals surface area contributed by atoms with Gasteiger partial charge in [-0.25, -0.2) is 9.37 Å². The second-order valence-corrected chi connectivity index (χ2v) is 5.44. The molecule has 1 aliphatic rings. The molecular weight excluding hydrogens is 235 g/mol. The standard InChI is InChI=1S/C13H13FN2S/c1-8-6-11-12(7-15-8)17-13(16-11)9-4-2-3-5-10(9)14/h2-5,8,15H,6-7H2,1H3.